The largest absolute Gasteiger partial charge is 0.400 e. The van der Waals surface area contributed by atoms with Crippen LogP contribution in [-0.4, -0.2) is 24.3 Å². The number of carbonyl (C=O) groups excluding carboxylic acids is 1. The number of aliphatic imine (C=N–C) groups is 2. The molecule has 0 atom stereocenters. The van der Waals surface area contributed by atoms with Gasteiger partial charge >= 0.3 is 0 Å². The molecule has 0 fully saturated rings. The molecule has 2 rings (SSSR count). The average molecular weight is 244 g/mol. The second kappa shape index (κ2) is 5.00. The van der Waals surface area contributed by atoms with Crippen molar-refractivity contribution in [2.75, 3.05) is 7.05 Å². The third-order valence-electron chi connectivity index (χ3n) is 2.92. The third kappa shape index (κ3) is 2.40. The molecule has 94 valence electrons. The summed E-state index contributed by atoms with van der Waals surface area (Å²) in [6, 6.07) is 0. The van der Waals surface area contributed by atoms with E-state index in [4.69, 9.17) is 11.5 Å². The maximum atomic E-state index is 11.8. The molecular weight excluding hydrogens is 228 g/mol. The van der Waals surface area contributed by atoms with E-state index in [-0.39, 0.29) is 5.78 Å². The maximum Gasteiger partial charge on any atom is 0.182 e. The Morgan fingerprint density at radius 3 is 2.61 bits per heavy atom. The summed E-state index contributed by atoms with van der Waals surface area (Å²) in [5.74, 6) is -0.0117. The number of hydrogen-bond donors (Lipinski definition) is 2. The number of Topliss-reactive ketones (excluding diaryl/α,β-unsaturated/α-hetero) is 1. The fourth-order valence-electron chi connectivity index (χ4n) is 1.89. The molecule has 0 amide bonds. The summed E-state index contributed by atoms with van der Waals surface area (Å²) in [5.41, 5.74) is 14.5. The summed E-state index contributed by atoms with van der Waals surface area (Å²) in [5, 5.41) is 0. The van der Waals surface area contributed by atoms with Gasteiger partial charge in [0.25, 0.3) is 0 Å². The molecule has 0 aromatic heterocycles. The fraction of sp³-hybridized carbons (Fsp3) is 0.308. The van der Waals surface area contributed by atoms with Gasteiger partial charge in [-0.2, -0.15) is 0 Å². The van der Waals surface area contributed by atoms with Crippen molar-refractivity contribution in [1.29, 1.82) is 0 Å². The van der Waals surface area contributed by atoms with Crippen molar-refractivity contribution in [2.45, 2.75) is 19.3 Å². The van der Waals surface area contributed by atoms with Crippen molar-refractivity contribution in [3.05, 3.63) is 35.3 Å². The van der Waals surface area contributed by atoms with Crippen LogP contribution in [0.1, 0.15) is 19.3 Å². The maximum absolute atomic E-state index is 11.8. The molecular formula is C13H16N4O. The van der Waals surface area contributed by atoms with Gasteiger partial charge in [0.15, 0.2) is 5.78 Å². The van der Waals surface area contributed by atoms with Crippen LogP contribution in [0.3, 0.4) is 0 Å². The van der Waals surface area contributed by atoms with Crippen LogP contribution in [0.15, 0.2) is 45.3 Å². The Kier molecular flexibility index (Phi) is 3.41. The van der Waals surface area contributed by atoms with Crippen molar-refractivity contribution in [3.63, 3.8) is 0 Å². The van der Waals surface area contributed by atoms with E-state index in [2.05, 4.69) is 9.98 Å². The lowest BCUT2D eigenvalue weighted by atomic mass is 10.00. The Hall–Kier alpha value is -2.17. The van der Waals surface area contributed by atoms with Gasteiger partial charge in [0.05, 0.1) is 17.1 Å². The molecule has 0 aromatic carbocycles. The van der Waals surface area contributed by atoms with E-state index in [1.165, 1.54) is 0 Å². The Labute approximate surface area is 106 Å². The molecule has 4 N–H and O–H groups in total. The zero-order valence-corrected chi connectivity index (χ0v) is 10.3. The highest BCUT2D eigenvalue weighted by Crippen LogP contribution is 2.20. The van der Waals surface area contributed by atoms with E-state index in [0.29, 0.717) is 35.6 Å². The molecule has 0 saturated carbocycles. The first-order chi connectivity index (χ1) is 8.61. The lowest BCUT2D eigenvalue weighted by Crippen LogP contribution is -2.20. The van der Waals surface area contributed by atoms with Crippen LogP contribution >= 0.6 is 0 Å². The predicted octanol–water partition coefficient (Wildman–Crippen LogP) is 0.834. The Bertz CT molecular complexity index is 535. The summed E-state index contributed by atoms with van der Waals surface area (Å²) in [7, 11) is 1.69. The molecule has 0 bridgehead atoms. The van der Waals surface area contributed by atoms with Crippen LogP contribution in [0, 0.1) is 0 Å². The Morgan fingerprint density at radius 2 is 2.00 bits per heavy atom. The number of carbonyl (C=O) groups is 1. The van der Waals surface area contributed by atoms with Gasteiger partial charge in [0.1, 0.15) is 5.70 Å². The van der Waals surface area contributed by atoms with E-state index in [9.17, 15) is 4.79 Å². The van der Waals surface area contributed by atoms with Gasteiger partial charge in [0, 0.05) is 19.2 Å². The topological polar surface area (TPSA) is 93.8 Å². The highest BCUT2D eigenvalue weighted by atomic mass is 16.1. The van der Waals surface area contributed by atoms with E-state index < -0.39 is 0 Å². The fourth-order valence-corrected chi connectivity index (χ4v) is 1.89. The lowest BCUT2D eigenvalue weighted by Gasteiger charge is -2.14. The summed E-state index contributed by atoms with van der Waals surface area (Å²) < 4.78 is 0. The first kappa shape index (κ1) is 12.3. The highest BCUT2D eigenvalue weighted by Gasteiger charge is 2.19. The van der Waals surface area contributed by atoms with Crippen LogP contribution in [0.4, 0.5) is 0 Å². The standard InChI is InChI=1S/C13H16N4O/c1-16-8-5-6-11(10(15)7-8)17-13-9(14)3-2-4-12(13)18/h5-7H,2-4,14-15H2,1H3/b16-8-,17-11+. The van der Waals surface area contributed by atoms with Gasteiger partial charge in [-0.05, 0) is 31.1 Å². The van der Waals surface area contributed by atoms with Gasteiger partial charge in [0.2, 0.25) is 0 Å². The number of nitrogens with zero attached hydrogens (tertiary/aromatic N) is 2. The molecule has 5 heteroatoms. The third-order valence-corrected chi connectivity index (χ3v) is 2.92. The van der Waals surface area contributed by atoms with Crippen LogP contribution in [0.25, 0.3) is 0 Å². The molecule has 2 aliphatic carbocycles. The zero-order valence-electron chi connectivity index (χ0n) is 10.3. The van der Waals surface area contributed by atoms with Crippen molar-refractivity contribution in [3.8, 4) is 0 Å². The smallest absolute Gasteiger partial charge is 0.182 e. The minimum absolute atomic E-state index is 0.0117. The molecule has 5 nitrogen and oxygen atoms in total. The summed E-state index contributed by atoms with van der Waals surface area (Å²) >= 11 is 0. The van der Waals surface area contributed by atoms with Crippen molar-refractivity contribution in [2.24, 2.45) is 21.5 Å². The first-order valence-electron chi connectivity index (χ1n) is 5.84. The number of allylic oxidation sites excluding steroid dienone is 5. The number of nitrogens with two attached hydrogens (primary N) is 2. The normalized spacial score (nSPS) is 24.9. The zero-order chi connectivity index (χ0) is 13.1. The summed E-state index contributed by atoms with van der Waals surface area (Å²) in [4.78, 5) is 20.1. The molecule has 0 saturated heterocycles. The molecule has 0 spiro atoms. The van der Waals surface area contributed by atoms with Crippen LogP contribution < -0.4 is 11.5 Å². The monoisotopic (exact) mass is 244 g/mol. The molecule has 0 radical (unpaired) electrons. The van der Waals surface area contributed by atoms with Gasteiger partial charge in [-0.3, -0.25) is 9.79 Å². The molecule has 0 heterocycles. The van der Waals surface area contributed by atoms with Crippen molar-refractivity contribution < 1.29 is 4.79 Å². The highest BCUT2D eigenvalue weighted by molar-refractivity contribution is 6.21. The van der Waals surface area contributed by atoms with Crippen molar-refractivity contribution >= 4 is 17.2 Å². The average Bonchev–Trinajstić information content (AvgIpc) is 2.35. The SMILES string of the molecule is C/N=C1C=C/C(=N\C2=C(N)CCCC2=O)C(N)=C/1. The minimum atomic E-state index is -0.0117. The molecule has 18 heavy (non-hydrogen) atoms. The van der Waals surface area contributed by atoms with E-state index in [0.717, 1.165) is 12.1 Å². The Morgan fingerprint density at radius 1 is 1.22 bits per heavy atom. The Balaban J connectivity index is 2.36. The van der Waals surface area contributed by atoms with Gasteiger partial charge < -0.3 is 11.5 Å². The van der Waals surface area contributed by atoms with E-state index in [1.54, 1.807) is 25.3 Å². The molecule has 0 unspecified atom stereocenters. The predicted molar refractivity (Wildman–Crippen MR) is 72.3 cm³/mol. The minimum Gasteiger partial charge on any atom is -0.400 e. The quantitative estimate of drug-likeness (QED) is 0.669. The second-order valence-electron chi connectivity index (χ2n) is 4.23. The lowest BCUT2D eigenvalue weighted by molar-refractivity contribution is -0.116. The second-order valence-corrected chi connectivity index (χ2v) is 4.23. The number of ketones is 1. The summed E-state index contributed by atoms with van der Waals surface area (Å²) in [6.45, 7) is 0. The molecule has 0 aromatic rings. The number of hydrogen-bond acceptors (Lipinski definition) is 5. The van der Waals surface area contributed by atoms with Gasteiger partial charge in [-0.1, -0.05) is 0 Å². The van der Waals surface area contributed by atoms with Gasteiger partial charge in [-0.25, -0.2) is 4.99 Å². The van der Waals surface area contributed by atoms with Crippen LogP contribution in [0.5, 0.6) is 0 Å². The van der Waals surface area contributed by atoms with Crippen LogP contribution in [-0.2, 0) is 4.79 Å². The first-order valence-corrected chi connectivity index (χ1v) is 5.84. The van der Waals surface area contributed by atoms with E-state index in [1.807, 2.05) is 0 Å². The molecule has 2 aliphatic rings. The van der Waals surface area contributed by atoms with Crippen LogP contribution in [0.2, 0.25) is 0 Å². The van der Waals surface area contributed by atoms with Gasteiger partial charge in [-0.15, -0.1) is 0 Å². The molecule has 0 aliphatic heterocycles. The summed E-state index contributed by atoms with van der Waals surface area (Å²) in [6.07, 6.45) is 7.30. The van der Waals surface area contributed by atoms with E-state index >= 15 is 0 Å². The van der Waals surface area contributed by atoms with Crippen molar-refractivity contribution in [1.82, 2.24) is 0 Å². The number of rotatable bonds is 1.